The molecule has 1 aromatic carbocycles. The summed E-state index contributed by atoms with van der Waals surface area (Å²) in [6, 6.07) is 12.0. The maximum Gasteiger partial charge on any atom is 0.191 e. The zero-order valence-electron chi connectivity index (χ0n) is 16.9. The second kappa shape index (κ2) is 9.63. The van der Waals surface area contributed by atoms with Crippen molar-refractivity contribution in [1.29, 1.82) is 0 Å². The van der Waals surface area contributed by atoms with E-state index in [1.165, 1.54) is 0 Å². The number of halogens is 1. The van der Waals surface area contributed by atoms with Gasteiger partial charge in [-0.2, -0.15) is 0 Å². The third-order valence-corrected chi connectivity index (χ3v) is 6.28. The lowest BCUT2D eigenvalue weighted by Gasteiger charge is -2.18. The minimum atomic E-state index is 0.400. The average Bonchev–Trinajstić information content (AvgIpc) is 3.26. The number of aromatic nitrogens is 3. The lowest BCUT2D eigenvalue weighted by molar-refractivity contribution is 0.294. The van der Waals surface area contributed by atoms with Gasteiger partial charge in [-0.15, -0.1) is 10.2 Å². The highest BCUT2D eigenvalue weighted by atomic mass is 35.5. The van der Waals surface area contributed by atoms with E-state index in [0.29, 0.717) is 5.92 Å². The van der Waals surface area contributed by atoms with E-state index in [0.717, 1.165) is 58.4 Å². The van der Waals surface area contributed by atoms with Gasteiger partial charge in [0, 0.05) is 23.7 Å². The quantitative estimate of drug-likeness (QED) is 0.442. The van der Waals surface area contributed by atoms with Crippen molar-refractivity contribution in [2.45, 2.75) is 43.6 Å². The summed E-state index contributed by atoms with van der Waals surface area (Å²) in [6.45, 7) is 5.92. The molecule has 0 radical (unpaired) electrons. The zero-order chi connectivity index (χ0) is 20.1. The molecule has 0 amide bonds. The first-order valence-corrected chi connectivity index (χ1v) is 10.8. The van der Waals surface area contributed by atoms with Gasteiger partial charge in [0.2, 0.25) is 0 Å². The van der Waals surface area contributed by atoms with Crippen LogP contribution in [0.5, 0.6) is 0 Å². The summed E-state index contributed by atoms with van der Waals surface area (Å²) in [5.74, 6) is 4.17. The van der Waals surface area contributed by atoms with Gasteiger partial charge >= 0.3 is 0 Å². The molecule has 150 valence electrons. The molecule has 5 nitrogen and oxygen atoms in total. The molecular weight excluding hydrogens is 392 g/mol. The number of aryl methyl sites for hydroxylation is 1. The molecule has 0 bridgehead atoms. The van der Waals surface area contributed by atoms with Crippen molar-refractivity contribution in [3.63, 3.8) is 0 Å². The number of rotatable bonds is 9. The second-order valence-electron chi connectivity index (χ2n) is 7.21. The van der Waals surface area contributed by atoms with Gasteiger partial charge in [-0.1, -0.05) is 48.5 Å². The van der Waals surface area contributed by atoms with E-state index < -0.39 is 0 Å². The van der Waals surface area contributed by atoms with Crippen LogP contribution in [0.4, 0.5) is 0 Å². The topological polar surface area (TPSA) is 47.1 Å². The largest absolute Gasteiger partial charge is 0.466 e. The fourth-order valence-electron chi connectivity index (χ4n) is 2.96. The maximum atomic E-state index is 6.24. The minimum absolute atomic E-state index is 0.400. The molecule has 28 heavy (non-hydrogen) atoms. The second-order valence-corrected chi connectivity index (χ2v) is 8.56. The predicted molar refractivity (Wildman–Crippen MR) is 115 cm³/mol. The summed E-state index contributed by atoms with van der Waals surface area (Å²) < 4.78 is 7.80. The Morgan fingerprint density at radius 3 is 2.71 bits per heavy atom. The van der Waals surface area contributed by atoms with Crippen LogP contribution >= 0.6 is 23.4 Å². The van der Waals surface area contributed by atoms with Crippen molar-refractivity contribution in [2.75, 3.05) is 13.6 Å². The van der Waals surface area contributed by atoms with Crippen LogP contribution in [0, 0.1) is 6.92 Å². The third kappa shape index (κ3) is 5.40. The summed E-state index contributed by atoms with van der Waals surface area (Å²) in [7, 11) is 4.14. The van der Waals surface area contributed by atoms with E-state index in [-0.39, 0.29) is 0 Å². The van der Waals surface area contributed by atoms with Gasteiger partial charge in [0.25, 0.3) is 0 Å². The third-order valence-electron chi connectivity index (χ3n) is 4.84. The highest BCUT2D eigenvalue weighted by molar-refractivity contribution is 7.98. The van der Waals surface area contributed by atoms with E-state index in [9.17, 15) is 0 Å². The number of hydrogen-bond acceptors (Lipinski definition) is 5. The van der Waals surface area contributed by atoms with Crippen LogP contribution in [0.25, 0.3) is 0 Å². The molecule has 1 atom stereocenters. The van der Waals surface area contributed by atoms with Crippen LogP contribution in [-0.2, 0) is 19.3 Å². The van der Waals surface area contributed by atoms with Gasteiger partial charge in [-0.05, 0) is 50.7 Å². The molecule has 7 heteroatoms. The molecule has 0 saturated heterocycles. The molecule has 0 saturated carbocycles. The van der Waals surface area contributed by atoms with Crippen LogP contribution in [0.2, 0.25) is 5.02 Å². The number of furan rings is 1. The standard InChI is InChI=1S/C21H27ClN4OS/c1-15(19-10-9-16(2)27-19)11-12-25(3)13-20-23-24-21(26(20)4)28-14-17-7-5-6-8-18(17)22/h5-10,15H,11-14H2,1-4H3/t15-/m0/s1. The fraction of sp³-hybridized carbons (Fsp3) is 0.429. The van der Waals surface area contributed by atoms with Crippen LogP contribution in [0.15, 0.2) is 46.0 Å². The van der Waals surface area contributed by atoms with Gasteiger partial charge in [-0.3, -0.25) is 4.90 Å². The molecule has 3 aromatic rings. The van der Waals surface area contributed by atoms with Crippen molar-refractivity contribution in [3.05, 3.63) is 64.3 Å². The van der Waals surface area contributed by atoms with Gasteiger partial charge in [-0.25, -0.2) is 0 Å². The Balaban J connectivity index is 1.51. The van der Waals surface area contributed by atoms with Crippen molar-refractivity contribution < 1.29 is 4.42 Å². The molecule has 0 unspecified atom stereocenters. The van der Waals surface area contributed by atoms with Gasteiger partial charge in [0.1, 0.15) is 17.3 Å². The van der Waals surface area contributed by atoms with Crippen LogP contribution in [0.3, 0.4) is 0 Å². The molecule has 2 aromatic heterocycles. The van der Waals surface area contributed by atoms with Gasteiger partial charge < -0.3 is 8.98 Å². The molecule has 0 aliphatic carbocycles. The molecule has 0 aliphatic rings. The van der Waals surface area contributed by atoms with E-state index in [4.69, 9.17) is 16.0 Å². The monoisotopic (exact) mass is 418 g/mol. The Kier molecular flexibility index (Phi) is 7.21. The van der Waals surface area contributed by atoms with Crippen LogP contribution < -0.4 is 0 Å². The number of benzene rings is 1. The Bertz CT molecular complexity index is 907. The number of thioether (sulfide) groups is 1. The molecule has 3 rings (SSSR count). The normalized spacial score (nSPS) is 12.6. The van der Waals surface area contributed by atoms with Crippen molar-refractivity contribution in [2.24, 2.45) is 7.05 Å². The maximum absolute atomic E-state index is 6.24. The molecule has 2 heterocycles. The fourth-order valence-corrected chi connectivity index (χ4v) is 4.18. The van der Waals surface area contributed by atoms with Crippen molar-refractivity contribution in [3.8, 4) is 0 Å². The van der Waals surface area contributed by atoms with E-state index in [1.54, 1.807) is 11.8 Å². The van der Waals surface area contributed by atoms with Gasteiger partial charge in [0.05, 0.1) is 6.54 Å². The predicted octanol–water partition coefficient (Wildman–Crippen LogP) is 5.29. The zero-order valence-corrected chi connectivity index (χ0v) is 18.4. The SMILES string of the molecule is Cc1ccc([C@@H](C)CCN(C)Cc2nnc(SCc3ccccc3Cl)n2C)o1. The van der Waals surface area contributed by atoms with E-state index >= 15 is 0 Å². The Morgan fingerprint density at radius 1 is 1.21 bits per heavy atom. The Labute approximate surface area is 176 Å². The summed E-state index contributed by atoms with van der Waals surface area (Å²) in [4.78, 5) is 2.28. The molecule has 0 N–H and O–H groups in total. The lowest BCUT2D eigenvalue weighted by atomic mass is 10.1. The molecular formula is C21H27ClN4OS. The molecule has 0 fully saturated rings. The highest BCUT2D eigenvalue weighted by Crippen LogP contribution is 2.26. The Hall–Kier alpha value is -1.76. The average molecular weight is 419 g/mol. The van der Waals surface area contributed by atoms with Crippen LogP contribution in [0.1, 0.15) is 42.2 Å². The van der Waals surface area contributed by atoms with E-state index in [2.05, 4.69) is 39.7 Å². The molecule has 0 spiro atoms. The smallest absolute Gasteiger partial charge is 0.191 e. The first-order chi connectivity index (χ1) is 13.4. The Morgan fingerprint density at radius 2 is 2.00 bits per heavy atom. The summed E-state index contributed by atoms with van der Waals surface area (Å²) in [6.07, 6.45) is 1.04. The number of hydrogen-bond donors (Lipinski definition) is 0. The minimum Gasteiger partial charge on any atom is -0.466 e. The van der Waals surface area contributed by atoms with Crippen molar-refractivity contribution >= 4 is 23.4 Å². The first kappa shape index (κ1) is 21.0. The van der Waals surface area contributed by atoms with E-state index in [1.807, 2.05) is 44.3 Å². The van der Waals surface area contributed by atoms with Gasteiger partial charge in [0.15, 0.2) is 5.16 Å². The van der Waals surface area contributed by atoms with Crippen LogP contribution in [-0.4, -0.2) is 33.3 Å². The highest BCUT2D eigenvalue weighted by Gasteiger charge is 2.14. The van der Waals surface area contributed by atoms with Crippen molar-refractivity contribution in [1.82, 2.24) is 19.7 Å². The summed E-state index contributed by atoms with van der Waals surface area (Å²) in [5.41, 5.74) is 1.11. The summed E-state index contributed by atoms with van der Waals surface area (Å²) in [5, 5.41) is 10.4. The first-order valence-electron chi connectivity index (χ1n) is 9.43. The molecule has 0 aliphatic heterocycles. The summed E-state index contributed by atoms with van der Waals surface area (Å²) >= 11 is 7.89. The lowest BCUT2D eigenvalue weighted by Crippen LogP contribution is -2.22. The number of nitrogens with zero attached hydrogens (tertiary/aromatic N) is 4.